The Bertz CT molecular complexity index is 797. The summed E-state index contributed by atoms with van der Waals surface area (Å²) in [6.07, 6.45) is -2.29. The fourth-order valence-corrected chi connectivity index (χ4v) is 3.61. The van der Waals surface area contributed by atoms with Gasteiger partial charge in [-0.1, -0.05) is 0 Å². The summed E-state index contributed by atoms with van der Waals surface area (Å²) in [6, 6.07) is 1.07. The fraction of sp³-hybridized carbons (Fsp3) is 0.556. The van der Waals surface area contributed by atoms with Crippen LogP contribution in [0.4, 0.5) is 0 Å². The third-order valence-electron chi connectivity index (χ3n) is 2.98. The maximum atomic E-state index is 11.6. The maximum absolute atomic E-state index is 11.6. The van der Waals surface area contributed by atoms with Crippen LogP contribution in [0.1, 0.15) is 12.6 Å². The molecule has 1 saturated heterocycles. The second-order valence-corrected chi connectivity index (χ2v) is 7.62. The van der Waals surface area contributed by atoms with Crippen LogP contribution in [0.15, 0.2) is 21.9 Å². The van der Waals surface area contributed by atoms with Gasteiger partial charge in [-0.05, 0) is 0 Å². The number of nitrogens with zero attached hydrogens (tertiary/aromatic N) is 1. The lowest BCUT2D eigenvalue weighted by molar-refractivity contribution is -0.0450. The lowest BCUT2D eigenvalue weighted by Crippen LogP contribution is -2.31. The second-order valence-electron chi connectivity index (χ2n) is 4.79. The molecule has 1 aromatic rings. The van der Waals surface area contributed by atoms with Gasteiger partial charge in [-0.15, -0.1) is 0 Å². The zero-order valence-electron chi connectivity index (χ0n) is 11.8. The number of aromatic nitrogens is 2. The predicted octanol–water partition coefficient (Wildman–Crippen LogP) is -1.59. The Hall–Kier alpha value is -1.14. The second kappa shape index (κ2) is 7.00. The molecule has 24 heavy (non-hydrogen) atoms. The molecule has 2 heterocycles. The van der Waals surface area contributed by atoms with E-state index in [0.717, 1.165) is 16.8 Å². The molecule has 13 nitrogen and oxygen atoms in total. The summed E-state index contributed by atoms with van der Waals surface area (Å²) in [4.78, 5) is 50.7. The Kier molecular flexibility index (Phi) is 5.60. The van der Waals surface area contributed by atoms with Gasteiger partial charge in [-0.2, -0.15) is 4.31 Å². The number of rotatable bonds is 6. The molecule has 2 rings (SSSR count). The number of aliphatic hydroxyl groups excluding tert-OH is 1. The first kappa shape index (κ1) is 19.2. The van der Waals surface area contributed by atoms with Crippen molar-refractivity contribution in [2.24, 2.45) is 0 Å². The minimum Gasteiger partial charge on any atom is -0.390 e. The average molecular weight is 388 g/mol. The van der Waals surface area contributed by atoms with Crippen LogP contribution in [0.5, 0.6) is 0 Å². The molecule has 15 heteroatoms. The largest absolute Gasteiger partial charge is 0.481 e. The Morgan fingerprint density at radius 1 is 1.33 bits per heavy atom. The van der Waals surface area contributed by atoms with Crippen molar-refractivity contribution in [2.45, 2.75) is 24.9 Å². The normalized spacial score (nSPS) is 27.1. The van der Waals surface area contributed by atoms with Crippen LogP contribution in [0, 0.1) is 0 Å². The highest BCUT2D eigenvalue weighted by molar-refractivity contribution is 7.60. The van der Waals surface area contributed by atoms with E-state index < -0.39 is 51.9 Å². The molecule has 0 aliphatic carbocycles. The summed E-state index contributed by atoms with van der Waals surface area (Å²) in [5, 5.41) is 9.84. The highest BCUT2D eigenvalue weighted by Crippen LogP contribution is 2.57. The molecule has 136 valence electrons. The van der Waals surface area contributed by atoms with Crippen LogP contribution < -0.4 is 11.2 Å². The van der Waals surface area contributed by atoms with Gasteiger partial charge in [0, 0.05) is 18.7 Å². The first-order chi connectivity index (χ1) is 11.0. The third-order valence-corrected chi connectivity index (χ3v) is 5.13. The van der Waals surface area contributed by atoms with Gasteiger partial charge in [0.15, 0.2) is 0 Å². The molecule has 5 N–H and O–H groups in total. The van der Waals surface area contributed by atoms with Crippen molar-refractivity contribution in [3.8, 4) is 0 Å². The van der Waals surface area contributed by atoms with Crippen molar-refractivity contribution in [1.29, 1.82) is 0 Å². The summed E-state index contributed by atoms with van der Waals surface area (Å²) >= 11 is 0. The molecule has 1 unspecified atom stereocenters. The fourth-order valence-electron chi connectivity index (χ4n) is 2.02. The predicted molar refractivity (Wildman–Crippen MR) is 74.8 cm³/mol. The SMILES string of the molecule is O=c1ccn([C@@H]2C[C@@H](O)[C@H](COP(=O)(O)OP(=O)(O)O)O2)c(=O)[nH]1. The molecule has 0 bridgehead atoms. The minimum atomic E-state index is -5.26. The number of nitrogens with one attached hydrogen (secondary N) is 1. The number of phosphoric ester groups is 1. The van der Waals surface area contributed by atoms with Gasteiger partial charge in [-0.3, -0.25) is 18.9 Å². The van der Waals surface area contributed by atoms with Crippen LogP contribution in [0.25, 0.3) is 0 Å². The van der Waals surface area contributed by atoms with Gasteiger partial charge in [0.2, 0.25) is 0 Å². The molecule has 1 aliphatic rings. The van der Waals surface area contributed by atoms with E-state index in [1.165, 1.54) is 0 Å². The molecule has 1 aliphatic heterocycles. The van der Waals surface area contributed by atoms with Gasteiger partial charge in [-0.25, -0.2) is 13.9 Å². The van der Waals surface area contributed by atoms with Gasteiger partial charge < -0.3 is 24.5 Å². The summed E-state index contributed by atoms with van der Waals surface area (Å²) in [7, 11) is -10.3. The Labute approximate surface area is 133 Å². The molecular formula is C9H14N2O11P2. The lowest BCUT2D eigenvalue weighted by Gasteiger charge is -2.18. The molecular weight excluding hydrogens is 374 g/mol. The monoisotopic (exact) mass is 388 g/mol. The molecule has 1 fully saturated rings. The first-order valence-electron chi connectivity index (χ1n) is 6.36. The minimum absolute atomic E-state index is 0.0882. The molecule has 0 aromatic carbocycles. The smallest absolute Gasteiger partial charge is 0.390 e. The number of aliphatic hydroxyl groups is 1. The number of ether oxygens (including phenoxy) is 1. The highest BCUT2D eigenvalue weighted by Gasteiger charge is 2.39. The quantitative estimate of drug-likeness (QED) is 0.352. The van der Waals surface area contributed by atoms with Crippen molar-refractivity contribution >= 4 is 15.6 Å². The topological polar surface area (TPSA) is 198 Å². The van der Waals surface area contributed by atoms with Crippen molar-refractivity contribution in [3.05, 3.63) is 33.1 Å². The summed E-state index contributed by atoms with van der Waals surface area (Å²) < 4.78 is 36.1. The molecule has 0 radical (unpaired) electrons. The zero-order chi connectivity index (χ0) is 18.1. The van der Waals surface area contributed by atoms with E-state index in [1.807, 2.05) is 4.98 Å². The molecule has 0 amide bonds. The third kappa shape index (κ3) is 5.18. The molecule has 4 atom stereocenters. The van der Waals surface area contributed by atoms with Gasteiger partial charge >= 0.3 is 21.3 Å². The standard InChI is InChI=1S/C9H14N2O11P2/c12-5-3-8(11-2-1-7(13)10-9(11)14)21-6(5)4-20-24(18,19)22-23(15,16)17/h1-2,5-6,8,12H,3-4H2,(H,18,19)(H,10,13,14)(H2,15,16,17)/t5-,6+,8+/m1/s1. The summed E-state index contributed by atoms with van der Waals surface area (Å²) in [5.74, 6) is 0. The van der Waals surface area contributed by atoms with E-state index in [-0.39, 0.29) is 6.42 Å². The van der Waals surface area contributed by atoms with E-state index in [9.17, 15) is 23.8 Å². The van der Waals surface area contributed by atoms with Crippen molar-refractivity contribution in [2.75, 3.05) is 6.61 Å². The summed E-state index contributed by atoms with van der Waals surface area (Å²) in [5.41, 5.74) is -1.40. The Balaban J connectivity index is 2.01. The van der Waals surface area contributed by atoms with Crippen LogP contribution in [0.3, 0.4) is 0 Å². The van der Waals surface area contributed by atoms with Crippen LogP contribution >= 0.6 is 15.6 Å². The zero-order valence-corrected chi connectivity index (χ0v) is 13.6. The number of phosphoric acid groups is 2. The average Bonchev–Trinajstić information content (AvgIpc) is 2.75. The van der Waals surface area contributed by atoms with E-state index in [2.05, 4.69) is 8.83 Å². The number of H-pyrrole nitrogens is 1. The number of aromatic amines is 1. The first-order valence-corrected chi connectivity index (χ1v) is 9.39. The molecule has 0 spiro atoms. The molecule has 0 saturated carbocycles. The van der Waals surface area contributed by atoms with Crippen molar-refractivity contribution < 1.29 is 42.5 Å². The Morgan fingerprint density at radius 3 is 2.58 bits per heavy atom. The van der Waals surface area contributed by atoms with Gasteiger partial charge in [0.1, 0.15) is 12.3 Å². The van der Waals surface area contributed by atoms with Crippen LogP contribution in [-0.2, 0) is 22.7 Å². The Morgan fingerprint density at radius 2 is 2.00 bits per heavy atom. The highest BCUT2D eigenvalue weighted by atomic mass is 31.3. The van der Waals surface area contributed by atoms with E-state index in [1.54, 1.807) is 0 Å². The van der Waals surface area contributed by atoms with Gasteiger partial charge in [0.05, 0.1) is 12.7 Å². The van der Waals surface area contributed by atoms with Crippen molar-refractivity contribution in [1.82, 2.24) is 9.55 Å². The lowest BCUT2D eigenvalue weighted by atomic mass is 10.2. The van der Waals surface area contributed by atoms with E-state index >= 15 is 0 Å². The maximum Gasteiger partial charge on any atom is 0.481 e. The van der Waals surface area contributed by atoms with Gasteiger partial charge in [0.25, 0.3) is 5.56 Å². The van der Waals surface area contributed by atoms with Crippen molar-refractivity contribution in [3.63, 3.8) is 0 Å². The number of hydrogen-bond donors (Lipinski definition) is 5. The van der Waals surface area contributed by atoms with E-state index in [0.29, 0.717) is 0 Å². The summed E-state index contributed by atoms with van der Waals surface area (Å²) in [6.45, 7) is -0.733. The van der Waals surface area contributed by atoms with Crippen LogP contribution in [-0.4, -0.2) is 48.2 Å². The van der Waals surface area contributed by atoms with Crippen LogP contribution in [0.2, 0.25) is 0 Å². The number of hydrogen-bond acceptors (Lipinski definition) is 8. The van der Waals surface area contributed by atoms with E-state index in [4.69, 9.17) is 19.4 Å². The molecule has 1 aromatic heterocycles.